The smallest absolute Gasteiger partial charge is 0.0576 e. The van der Waals surface area contributed by atoms with Crippen molar-refractivity contribution >= 4 is 10.8 Å². The Labute approximate surface area is 89.3 Å². The maximum atomic E-state index is 5.18. The van der Waals surface area contributed by atoms with E-state index in [1.165, 1.54) is 10.9 Å². The molecule has 0 aliphatic rings. The van der Waals surface area contributed by atoms with Crippen LogP contribution in [0.1, 0.15) is 5.56 Å². The molecular weight excluding hydrogens is 184 g/mol. The van der Waals surface area contributed by atoms with E-state index in [1.807, 2.05) is 24.5 Å². The average molecular weight is 196 g/mol. The summed E-state index contributed by atoms with van der Waals surface area (Å²) in [6.07, 6.45) is 8.93. The Morgan fingerprint density at radius 3 is 3.00 bits per heavy atom. The summed E-state index contributed by atoms with van der Waals surface area (Å²) in [5.41, 5.74) is 1.18. The van der Waals surface area contributed by atoms with Gasteiger partial charge in [0, 0.05) is 24.3 Å². The lowest BCUT2D eigenvalue weighted by Gasteiger charge is -2.05. The van der Waals surface area contributed by atoms with Crippen molar-refractivity contribution in [2.75, 3.05) is 6.54 Å². The van der Waals surface area contributed by atoms with Crippen LogP contribution in [0.15, 0.2) is 36.7 Å². The van der Waals surface area contributed by atoms with Crippen LogP contribution in [0, 0.1) is 12.3 Å². The molecule has 1 N–H and O–H groups in total. The molecule has 0 amide bonds. The molecule has 0 saturated carbocycles. The van der Waals surface area contributed by atoms with E-state index in [0.717, 1.165) is 11.9 Å². The fourth-order valence-electron chi connectivity index (χ4n) is 1.59. The summed E-state index contributed by atoms with van der Waals surface area (Å²) in [6.45, 7) is 1.35. The van der Waals surface area contributed by atoms with Crippen LogP contribution in [-0.4, -0.2) is 11.5 Å². The molecule has 0 unspecified atom stereocenters. The highest BCUT2D eigenvalue weighted by Gasteiger charge is 1.99. The van der Waals surface area contributed by atoms with E-state index in [4.69, 9.17) is 6.42 Å². The molecule has 1 aromatic carbocycles. The third kappa shape index (κ3) is 2.15. The van der Waals surface area contributed by atoms with Crippen molar-refractivity contribution in [1.82, 2.24) is 10.3 Å². The Balaban J connectivity index is 2.31. The third-order valence-corrected chi connectivity index (χ3v) is 2.29. The molecule has 2 rings (SSSR count). The standard InChI is InChI=1S/C13H12N2/c1-2-7-14-9-12-10-15-8-11-5-3-4-6-13(11)12/h1,3-6,8,10,14H,7,9H2. The number of aromatic nitrogens is 1. The maximum absolute atomic E-state index is 5.18. The Kier molecular flexibility index (Phi) is 2.96. The summed E-state index contributed by atoms with van der Waals surface area (Å²) in [7, 11) is 0. The quantitative estimate of drug-likeness (QED) is 0.599. The largest absolute Gasteiger partial charge is 0.302 e. The second-order valence-electron chi connectivity index (χ2n) is 3.33. The van der Waals surface area contributed by atoms with Gasteiger partial charge in [-0.1, -0.05) is 30.2 Å². The molecule has 15 heavy (non-hydrogen) atoms. The highest BCUT2D eigenvalue weighted by Crippen LogP contribution is 2.16. The monoisotopic (exact) mass is 196 g/mol. The summed E-state index contributed by atoms with van der Waals surface area (Å²) < 4.78 is 0. The Hall–Kier alpha value is -1.85. The first-order valence-electron chi connectivity index (χ1n) is 4.87. The number of hydrogen-bond acceptors (Lipinski definition) is 2. The average Bonchev–Trinajstić information content (AvgIpc) is 2.30. The third-order valence-electron chi connectivity index (χ3n) is 2.29. The van der Waals surface area contributed by atoms with E-state index in [0.29, 0.717) is 6.54 Å². The summed E-state index contributed by atoms with van der Waals surface area (Å²) in [6, 6.07) is 8.21. The van der Waals surface area contributed by atoms with Gasteiger partial charge in [-0.15, -0.1) is 6.42 Å². The lowest BCUT2D eigenvalue weighted by atomic mass is 10.1. The number of pyridine rings is 1. The first-order valence-corrected chi connectivity index (χ1v) is 4.87. The van der Waals surface area contributed by atoms with Crippen LogP contribution in [0.25, 0.3) is 10.8 Å². The van der Waals surface area contributed by atoms with Gasteiger partial charge in [0.25, 0.3) is 0 Å². The number of terminal acetylenes is 1. The predicted octanol–water partition coefficient (Wildman–Crippen LogP) is 1.96. The van der Waals surface area contributed by atoms with Gasteiger partial charge in [0.2, 0.25) is 0 Å². The molecule has 2 heteroatoms. The molecule has 0 aliphatic heterocycles. The summed E-state index contributed by atoms with van der Waals surface area (Å²) in [4.78, 5) is 4.20. The maximum Gasteiger partial charge on any atom is 0.0576 e. The van der Waals surface area contributed by atoms with Crippen molar-refractivity contribution in [3.8, 4) is 12.3 Å². The first kappa shape index (κ1) is 9.70. The van der Waals surface area contributed by atoms with Gasteiger partial charge < -0.3 is 5.32 Å². The highest BCUT2D eigenvalue weighted by atomic mass is 14.8. The molecule has 0 fully saturated rings. The fraction of sp³-hybridized carbons (Fsp3) is 0.154. The van der Waals surface area contributed by atoms with Crippen molar-refractivity contribution in [2.45, 2.75) is 6.54 Å². The minimum absolute atomic E-state index is 0.587. The topological polar surface area (TPSA) is 24.9 Å². The summed E-state index contributed by atoms with van der Waals surface area (Å²) in [5, 5.41) is 5.57. The van der Waals surface area contributed by atoms with Crippen LogP contribution < -0.4 is 5.32 Å². The summed E-state index contributed by atoms with van der Waals surface area (Å²) in [5.74, 6) is 2.55. The number of nitrogens with one attached hydrogen (secondary N) is 1. The normalized spacial score (nSPS) is 10.1. The molecule has 0 saturated heterocycles. The van der Waals surface area contributed by atoms with Gasteiger partial charge in [-0.25, -0.2) is 0 Å². The van der Waals surface area contributed by atoms with Crippen LogP contribution in [0.3, 0.4) is 0 Å². The second kappa shape index (κ2) is 4.59. The zero-order valence-electron chi connectivity index (χ0n) is 8.40. The molecule has 2 aromatic rings. The zero-order valence-corrected chi connectivity index (χ0v) is 8.40. The number of nitrogens with zero attached hydrogens (tertiary/aromatic N) is 1. The molecular formula is C13H12N2. The van der Waals surface area contributed by atoms with Gasteiger partial charge in [0.15, 0.2) is 0 Å². The highest BCUT2D eigenvalue weighted by molar-refractivity contribution is 5.84. The molecule has 74 valence electrons. The Morgan fingerprint density at radius 1 is 1.27 bits per heavy atom. The van der Waals surface area contributed by atoms with E-state index in [2.05, 4.69) is 28.4 Å². The number of hydrogen-bond donors (Lipinski definition) is 1. The molecule has 2 nitrogen and oxygen atoms in total. The van der Waals surface area contributed by atoms with Gasteiger partial charge in [0.1, 0.15) is 0 Å². The van der Waals surface area contributed by atoms with Gasteiger partial charge in [-0.05, 0) is 10.9 Å². The molecule has 0 atom stereocenters. The molecule has 1 aromatic heterocycles. The lowest BCUT2D eigenvalue weighted by Crippen LogP contribution is -2.13. The van der Waals surface area contributed by atoms with Gasteiger partial charge in [-0.3, -0.25) is 4.98 Å². The Morgan fingerprint density at radius 2 is 2.13 bits per heavy atom. The fourth-order valence-corrected chi connectivity index (χ4v) is 1.59. The second-order valence-corrected chi connectivity index (χ2v) is 3.33. The van der Waals surface area contributed by atoms with Crippen molar-refractivity contribution < 1.29 is 0 Å². The zero-order chi connectivity index (χ0) is 10.5. The van der Waals surface area contributed by atoms with Gasteiger partial charge >= 0.3 is 0 Å². The van der Waals surface area contributed by atoms with Crippen molar-refractivity contribution in [3.63, 3.8) is 0 Å². The SMILES string of the molecule is C#CCNCc1cncc2ccccc12. The molecule has 1 heterocycles. The molecule has 0 aliphatic carbocycles. The van der Waals surface area contributed by atoms with Gasteiger partial charge in [0.05, 0.1) is 6.54 Å². The van der Waals surface area contributed by atoms with Crippen LogP contribution in [-0.2, 0) is 6.54 Å². The summed E-state index contributed by atoms with van der Waals surface area (Å²) >= 11 is 0. The number of fused-ring (bicyclic) bond motifs is 1. The van der Waals surface area contributed by atoms with E-state index in [-0.39, 0.29) is 0 Å². The van der Waals surface area contributed by atoms with Crippen LogP contribution in [0.5, 0.6) is 0 Å². The van der Waals surface area contributed by atoms with Crippen LogP contribution in [0.2, 0.25) is 0 Å². The minimum Gasteiger partial charge on any atom is -0.302 e. The number of rotatable bonds is 3. The van der Waals surface area contributed by atoms with Crippen molar-refractivity contribution in [3.05, 3.63) is 42.2 Å². The van der Waals surface area contributed by atoms with E-state index in [1.54, 1.807) is 0 Å². The molecule has 0 radical (unpaired) electrons. The lowest BCUT2D eigenvalue weighted by molar-refractivity contribution is 0.772. The van der Waals surface area contributed by atoms with Crippen molar-refractivity contribution in [1.29, 1.82) is 0 Å². The molecule has 0 bridgehead atoms. The van der Waals surface area contributed by atoms with Gasteiger partial charge in [-0.2, -0.15) is 0 Å². The first-order chi connectivity index (χ1) is 7.42. The van der Waals surface area contributed by atoms with Crippen LogP contribution >= 0.6 is 0 Å². The molecule has 0 spiro atoms. The van der Waals surface area contributed by atoms with Crippen LogP contribution in [0.4, 0.5) is 0 Å². The van der Waals surface area contributed by atoms with E-state index >= 15 is 0 Å². The van der Waals surface area contributed by atoms with E-state index < -0.39 is 0 Å². The predicted molar refractivity (Wildman–Crippen MR) is 62.3 cm³/mol. The van der Waals surface area contributed by atoms with Crippen molar-refractivity contribution in [2.24, 2.45) is 0 Å². The Bertz CT molecular complexity index is 492. The van der Waals surface area contributed by atoms with E-state index in [9.17, 15) is 0 Å². The minimum atomic E-state index is 0.587. The number of benzene rings is 1.